The third-order valence-corrected chi connectivity index (χ3v) is 3.08. The Balaban J connectivity index is 2.30. The number of thioether (sulfide) groups is 1. The molecule has 1 aromatic rings. The smallest absolute Gasteiger partial charge is 0.0223 e. The van der Waals surface area contributed by atoms with Gasteiger partial charge < -0.3 is 9.88 Å². The molecule has 0 amide bonds. The van der Waals surface area contributed by atoms with Crippen molar-refractivity contribution in [3.05, 3.63) is 24.0 Å². The summed E-state index contributed by atoms with van der Waals surface area (Å²) in [7, 11) is 0. The first-order valence-corrected chi connectivity index (χ1v) is 6.52. The van der Waals surface area contributed by atoms with Crippen LogP contribution in [0.2, 0.25) is 0 Å². The second-order valence-electron chi connectivity index (χ2n) is 3.59. The van der Waals surface area contributed by atoms with Crippen molar-refractivity contribution >= 4 is 11.8 Å². The first-order chi connectivity index (χ1) is 6.76. The van der Waals surface area contributed by atoms with E-state index in [1.165, 1.54) is 11.3 Å². The van der Waals surface area contributed by atoms with Gasteiger partial charge in [0.1, 0.15) is 0 Å². The molecule has 3 heteroatoms. The van der Waals surface area contributed by atoms with Crippen LogP contribution in [0, 0.1) is 0 Å². The molecule has 2 nitrogen and oxygen atoms in total. The fraction of sp³-hybridized carbons (Fsp3) is 0.636. The number of aromatic nitrogens is 1. The molecule has 80 valence electrons. The number of hydrogen-bond acceptors (Lipinski definition) is 2. The van der Waals surface area contributed by atoms with E-state index in [0.717, 1.165) is 13.1 Å². The van der Waals surface area contributed by atoms with E-state index in [1.807, 2.05) is 11.8 Å². The molecule has 0 saturated carbocycles. The lowest BCUT2D eigenvalue weighted by atomic mass is 10.3. The van der Waals surface area contributed by atoms with Crippen molar-refractivity contribution in [3.63, 3.8) is 0 Å². The molecule has 0 saturated heterocycles. The van der Waals surface area contributed by atoms with Crippen LogP contribution in [0.3, 0.4) is 0 Å². The molecule has 14 heavy (non-hydrogen) atoms. The standard InChI is InChI=1S/C11H20N2S/c1-4-13-6-5-11(8-13)7-12-10(2)9-14-3/h5-6,8,10,12H,4,7,9H2,1-3H3. The molecule has 1 unspecified atom stereocenters. The fourth-order valence-corrected chi connectivity index (χ4v) is 2.01. The lowest BCUT2D eigenvalue weighted by Gasteiger charge is -2.10. The van der Waals surface area contributed by atoms with Crippen LogP contribution >= 0.6 is 11.8 Å². The zero-order valence-corrected chi connectivity index (χ0v) is 10.1. The van der Waals surface area contributed by atoms with E-state index >= 15 is 0 Å². The van der Waals surface area contributed by atoms with Crippen LogP contribution in [-0.2, 0) is 13.1 Å². The predicted octanol–water partition coefficient (Wildman–Crippen LogP) is 2.35. The Kier molecular flexibility index (Phi) is 5.12. The van der Waals surface area contributed by atoms with Crippen LogP contribution in [0.1, 0.15) is 19.4 Å². The molecule has 0 aliphatic heterocycles. The van der Waals surface area contributed by atoms with E-state index in [4.69, 9.17) is 0 Å². The van der Waals surface area contributed by atoms with Crippen molar-refractivity contribution < 1.29 is 0 Å². The lowest BCUT2D eigenvalue weighted by Crippen LogP contribution is -2.27. The minimum Gasteiger partial charge on any atom is -0.354 e. The van der Waals surface area contributed by atoms with Crippen molar-refractivity contribution in [3.8, 4) is 0 Å². The quantitative estimate of drug-likeness (QED) is 0.779. The molecule has 1 N–H and O–H groups in total. The summed E-state index contributed by atoms with van der Waals surface area (Å²) >= 11 is 1.89. The van der Waals surface area contributed by atoms with E-state index in [0.29, 0.717) is 6.04 Å². The molecule has 0 radical (unpaired) electrons. The Hall–Kier alpha value is -0.410. The van der Waals surface area contributed by atoms with Gasteiger partial charge in [0.15, 0.2) is 0 Å². The van der Waals surface area contributed by atoms with Crippen LogP contribution in [0.5, 0.6) is 0 Å². The normalized spacial score (nSPS) is 13.1. The number of hydrogen-bond donors (Lipinski definition) is 1. The van der Waals surface area contributed by atoms with Gasteiger partial charge in [-0.1, -0.05) is 0 Å². The molecule has 0 bridgehead atoms. The van der Waals surface area contributed by atoms with Gasteiger partial charge in [-0.2, -0.15) is 11.8 Å². The second kappa shape index (κ2) is 6.14. The van der Waals surface area contributed by atoms with Gasteiger partial charge in [0.05, 0.1) is 0 Å². The zero-order chi connectivity index (χ0) is 10.4. The number of nitrogens with one attached hydrogen (secondary N) is 1. The van der Waals surface area contributed by atoms with Crippen LogP contribution in [0.25, 0.3) is 0 Å². The van der Waals surface area contributed by atoms with Crippen molar-refractivity contribution in [1.82, 2.24) is 9.88 Å². The van der Waals surface area contributed by atoms with E-state index in [1.54, 1.807) is 0 Å². The highest BCUT2D eigenvalue weighted by molar-refractivity contribution is 7.98. The summed E-state index contributed by atoms with van der Waals surface area (Å²) in [5, 5.41) is 3.50. The van der Waals surface area contributed by atoms with Crippen molar-refractivity contribution in [2.45, 2.75) is 33.0 Å². The molecular formula is C11H20N2S. The van der Waals surface area contributed by atoms with E-state index in [-0.39, 0.29) is 0 Å². The van der Waals surface area contributed by atoms with Gasteiger partial charge in [0.2, 0.25) is 0 Å². The molecule has 0 aliphatic rings. The molecule has 1 heterocycles. The molecule has 0 spiro atoms. The summed E-state index contributed by atoms with van der Waals surface area (Å²) in [6.07, 6.45) is 6.49. The average molecular weight is 212 g/mol. The van der Waals surface area contributed by atoms with Crippen molar-refractivity contribution in [1.29, 1.82) is 0 Å². The second-order valence-corrected chi connectivity index (χ2v) is 4.50. The third kappa shape index (κ3) is 3.76. The minimum absolute atomic E-state index is 0.593. The van der Waals surface area contributed by atoms with Crippen molar-refractivity contribution in [2.24, 2.45) is 0 Å². The van der Waals surface area contributed by atoms with E-state index in [9.17, 15) is 0 Å². The van der Waals surface area contributed by atoms with Crippen molar-refractivity contribution in [2.75, 3.05) is 12.0 Å². The SMILES string of the molecule is CCn1ccc(CNC(C)CSC)c1. The van der Waals surface area contributed by atoms with Gasteiger partial charge in [-0.15, -0.1) is 0 Å². The van der Waals surface area contributed by atoms with Crippen LogP contribution in [0.4, 0.5) is 0 Å². The predicted molar refractivity (Wildman–Crippen MR) is 64.8 cm³/mol. The average Bonchev–Trinajstić information content (AvgIpc) is 2.63. The summed E-state index contributed by atoms with van der Waals surface area (Å²) in [5.41, 5.74) is 1.37. The fourth-order valence-electron chi connectivity index (χ4n) is 1.39. The number of rotatable bonds is 6. The highest BCUT2D eigenvalue weighted by Crippen LogP contribution is 2.02. The summed E-state index contributed by atoms with van der Waals surface area (Å²) in [6, 6.07) is 2.78. The highest BCUT2D eigenvalue weighted by atomic mass is 32.2. The van der Waals surface area contributed by atoms with E-state index in [2.05, 4.69) is 48.4 Å². The lowest BCUT2D eigenvalue weighted by molar-refractivity contribution is 0.595. The zero-order valence-electron chi connectivity index (χ0n) is 9.29. The van der Waals surface area contributed by atoms with Crippen LogP contribution in [0.15, 0.2) is 18.5 Å². The number of nitrogens with zero attached hydrogens (tertiary/aromatic N) is 1. The maximum atomic E-state index is 3.50. The molecule has 1 rings (SSSR count). The minimum atomic E-state index is 0.593. The molecule has 0 aliphatic carbocycles. The molecular weight excluding hydrogens is 192 g/mol. The highest BCUT2D eigenvalue weighted by Gasteiger charge is 2.00. The topological polar surface area (TPSA) is 17.0 Å². The van der Waals surface area contributed by atoms with Gasteiger partial charge >= 0.3 is 0 Å². The maximum absolute atomic E-state index is 3.50. The largest absolute Gasteiger partial charge is 0.354 e. The van der Waals surface area contributed by atoms with Gasteiger partial charge in [0.25, 0.3) is 0 Å². The molecule has 1 aromatic heterocycles. The van der Waals surface area contributed by atoms with Gasteiger partial charge in [-0.3, -0.25) is 0 Å². The Morgan fingerprint density at radius 2 is 2.36 bits per heavy atom. The monoisotopic (exact) mass is 212 g/mol. The Labute approximate surface area is 91.1 Å². The van der Waals surface area contributed by atoms with Gasteiger partial charge in [0, 0.05) is 37.3 Å². The Bertz CT molecular complexity index is 258. The maximum Gasteiger partial charge on any atom is 0.0223 e. The molecule has 1 atom stereocenters. The molecule has 0 fully saturated rings. The summed E-state index contributed by atoms with van der Waals surface area (Å²) in [5.74, 6) is 1.18. The number of aryl methyl sites for hydroxylation is 1. The van der Waals surface area contributed by atoms with Gasteiger partial charge in [-0.05, 0) is 31.7 Å². The summed E-state index contributed by atoms with van der Waals surface area (Å²) in [4.78, 5) is 0. The Morgan fingerprint density at radius 3 is 2.93 bits per heavy atom. The first-order valence-electron chi connectivity index (χ1n) is 5.13. The summed E-state index contributed by atoms with van der Waals surface area (Å²) in [6.45, 7) is 6.43. The molecule has 0 aromatic carbocycles. The van der Waals surface area contributed by atoms with Crippen LogP contribution < -0.4 is 5.32 Å². The Morgan fingerprint density at radius 1 is 1.57 bits per heavy atom. The van der Waals surface area contributed by atoms with E-state index < -0.39 is 0 Å². The third-order valence-electron chi connectivity index (χ3n) is 2.25. The van der Waals surface area contributed by atoms with Gasteiger partial charge in [-0.25, -0.2) is 0 Å². The first kappa shape index (κ1) is 11.7. The summed E-state index contributed by atoms with van der Waals surface area (Å²) < 4.78 is 2.20. The van der Waals surface area contributed by atoms with Crippen LogP contribution in [-0.4, -0.2) is 22.6 Å².